The molecule has 25 heavy (non-hydrogen) atoms. The van der Waals surface area contributed by atoms with Crippen LogP contribution in [0.3, 0.4) is 0 Å². The molecule has 2 N–H and O–H groups in total. The molecule has 0 fully saturated rings. The van der Waals surface area contributed by atoms with Crippen LogP contribution in [0.1, 0.15) is 5.56 Å². The first-order chi connectivity index (χ1) is 11.7. The number of benzene rings is 2. The van der Waals surface area contributed by atoms with E-state index in [9.17, 15) is 18.3 Å². The zero-order valence-electron chi connectivity index (χ0n) is 12.4. The normalized spacial score (nSPS) is 19.1. The summed E-state index contributed by atoms with van der Waals surface area (Å²) in [6.45, 7) is -0.189. The largest absolute Gasteiger partial charge is 0.479 e. The Bertz CT molecular complexity index is 965. The number of halogens is 3. The lowest BCUT2D eigenvalue weighted by Gasteiger charge is -2.35. The molecule has 0 aromatic heterocycles. The molecule has 1 unspecified atom stereocenters. The quantitative estimate of drug-likeness (QED) is 0.789. The molecule has 1 aliphatic rings. The Labute approximate surface area is 159 Å². The molecule has 1 aliphatic heterocycles. The highest BCUT2D eigenvalue weighted by molar-refractivity contribution is 7.89. The van der Waals surface area contributed by atoms with Gasteiger partial charge in [0, 0.05) is 16.6 Å². The van der Waals surface area contributed by atoms with Crippen LogP contribution < -0.4 is 5.32 Å². The first kappa shape index (κ1) is 18.3. The molecule has 0 aliphatic carbocycles. The van der Waals surface area contributed by atoms with E-state index in [1.165, 1.54) is 12.1 Å². The van der Waals surface area contributed by atoms with Crippen molar-refractivity contribution in [1.82, 2.24) is 4.31 Å². The predicted molar refractivity (Wildman–Crippen MR) is 95.7 cm³/mol. The van der Waals surface area contributed by atoms with Gasteiger partial charge in [0.05, 0.1) is 10.7 Å². The van der Waals surface area contributed by atoms with E-state index in [2.05, 4.69) is 5.32 Å². The summed E-state index contributed by atoms with van der Waals surface area (Å²) in [5, 5.41) is 12.7. The highest BCUT2D eigenvalue weighted by Crippen LogP contribution is 2.40. The SMILES string of the molecule is O=C(O)C1Nc2cc(Cl)cc(Cl)c2S(=O)(=O)N1Cc1cccc(Cl)c1. The summed E-state index contributed by atoms with van der Waals surface area (Å²) in [4.78, 5) is 11.4. The van der Waals surface area contributed by atoms with Crippen LogP contribution in [0, 0.1) is 0 Å². The average molecular weight is 422 g/mol. The van der Waals surface area contributed by atoms with Gasteiger partial charge in [0.25, 0.3) is 0 Å². The Kier molecular flexibility index (Phi) is 4.87. The number of carboxylic acids is 1. The monoisotopic (exact) mass is 420 g/mol. The van der Waals surface area contributed by atoms with Crippen molar-refractivity contribution in [3.8, 4) is 0 Å². The van der Waals surface area contributed by atoms with Crippen LogP contribution >= 0.6 is 34.8 Å². The zero-order chi connectivity index (χ0) is 18.4. The van der Waals surface area contributed by atoms with Gasteiger partial charge in [0.1, 0.15) is 4.90 Å². The van der Waals surface area contributed by atoms with Crippen molar-refractivity contribution in [2.75, 3.05) is 5.32 Å². The van der Waals surface area contributed by atoms with E-state index in [-0.39, 0.29) is 27.2 Å². The number of carboxylic acid groups (broad SMARTS) is 1. The van der Waals surface area contributed by atoms with Gasteiger partial charge in [-0.3, -0.25) is 0 Å². The standard InChI is InChI=1S/C15H11Cl3N2O4S/c16-9-3-1-2-8(4-9)7-20-14(15(21)22)19-12-6-10(17)5-11(18)13(12)25(20,23)24/h1-6,14,19H,7H2,(H,21,22). The van der Waals surface area contributed by atoms with Crippen LogP contribution in [0.5, 0.6) is 0 Å². The fourth-order valence-corrected chi connectivity index (χ4v) is 5.26. The van der Waals surface area contributed by atoms with Crippen LogP contribution in [0.15, 0.2) is 41.3 Å². The molecule has 0 amide bonds. The number of rotatable bonds is 3. The van der Waals surface area contributed by atoms with Crippen molar-refractivity contribution >= 4 is 56.5 Å². The predicted octanol–water partition coefficient (Wildman–Crippen LogP) is 3.67. The summed E-state index contributed by atoms with van der Waals surface area (Å²) in [5.74, 6) is -1.35. The maximum Gasteiger partial charge on any atom is 0.342 e. The lowest BCUT2D eigenvalue weighted by atomic mass is 10.2. The topological polar surface area (TPSA) is 86.7 Å². The van der Waals surface area contributed by atoms with Gasteiger partial charge in [0.15, 0.2) is 6.17 Å². The zero-order valence-corrected chi connectivity index (χ0v) is 15.5. The molecular weight excluding hydrogens is 411 g/mol. The number of nitrogens with zero attached hydrogens (tertiary/aromatic N) is 1. The summed E-state index contributed by atoms with van der Waals surface area (Å²) in [6.07, 6.45) is -1.51. The van der Waals surface area contributed by atoms with E-state index >= 15 is 0 Å². The highest BCUT2D eigenvalue weighted by Gasteiger charge is 2.43. The van der Waals surface area contributed by atoms with E-state index in [0.717, 1.165) is 4.31 Å². The molecule has 0 saturated heterocycles. The molecule has 132 valence electrons. The first-order valence-corrected chi connectivity index (χ1v) is 9.52. The molecule has 0 spiro atoms. The third kappa shape index (κ3) is 3.43. The van der Waals surface area contributed by atoms with Crippen molar-refractivity contribution in [2.45, 2.75) is 17.6 Å². The molecule has 3 rings (SSSR count). The Hall–Kier alpha value is -1.51. The second kappa shape index (κ2) is 6.66. The molecular formula is C15H11Cl3N2O4S. The third-order valence-electron chi connectivity index (χ3n) is 3.62. The Morgan fingerprint density at radius 2 is 1.88 bits per heavy atom. The summed E-state index contributed by atoms with van der Waals surface area (Å²) in [7, 11) is -4.18. The molecule has 0 bridgehead atoms. The number of aliphatic carboxylic acids is 1. The molecule has 0 saturated carbocycles. The minimum atomic E-state index is -4.18. The van der Waals surface area contributed by atoms with Crippen LogP contribution in [-0.2, 0) is 21.4 Å². The second-order valence-electron chi connectivity index (χ2n) is 5.33. The smallest absolute Gasteiger partial charge is 0.342 e. The van der Waals surface area contributed by atoms with Crippen molar-refractivity contribution in [3.05, 3.63) is 57.0 Å². The average Bonchev–Trinajstić information content (AvgIpc) is 2.48. The first-order valence-electron chi connectivity index (χ1n) is 6.95. The molecule has 2 aromatic rings. The number of hydrogen-bond donors (Lipinski definition) is 2. The Balaban J connectivity index is 2.13. The van der Waals surface area contributed by atoms with E-state index in [1.807, 2.05) is 0 Å². The van der Waals surface area contributed by atoms with Gasteiger partial charge in [-0.2, -0.15) is 4.31 Å². The van der Waals surface area contributed by atoms with Gasteiger partial charge >= 0.3 is 5.97 Å². The Morgan fingerprint density at radius 1 is 1.16 bits per heavy atom. The second-order valence-corrected chi connectivity index (χ2v) is 8.44. The Morgan fingerprint density at radius 3 is 2.52 bits per heavy atom. The summed E-state index contributed by atoms with van der Waals surface area (Å²) >= 11 is 17.9. The van der Waals surface area contributed by atoms with Crippen LogP contribution in [0.4, 0.5) is 5.69 Å². The van der Waals surface area contributed by atoms with Gasteiger partial charge in [-0.05, 0) is 29.8 Å². The number of anilines is 1. The van der Waals surface area contributed by atoms with Crippen LogP contribution in [0.25, 0.3) is 0 Å². The van der Waals surface area contributed by atoms with Crippen LogP contribution in [-0.4, -0.2) is 30.0 Å². The number of carbonyl (C=O) groups is 1. The van der Waals surface area contributed by atoms with Gasteiger partial charge in [-0.1, -0.05) is 46.9 Å². The van der Waals surface area contributed by atoms with Crippen LogP contribution in [0.2, 0.25) is 15.1 Å². The van der Waals surface area contributed by atoms with Crippen molar-refractivity contribution in [3.63, 3.8) is 0 Å². The van der Waals surface area contributed by atoms with Crippen molar-refractivity contribution in [1.29, 1.82) is 0 Å². The minimum Gasteiger partial charge on any atom is -0.479 e. The van der Waals surface area contributed by atoms with E-state index < -0.39 is 22.2 Å². The summed E-state index contributed by atoms with van der Waals surface area (Å²) in [6, 6.07) is 9.12. The van der Waals surface area contributed by atoms with Gasteiger partial charge in [0.2, 0.25) is 10.0 Å². The van der Waals surface area contributed by atoms with Gasteiger partial charge in [-0.15, -0.1) is 0 Å². The fourth-order valence-electron chi connectivity index (χ4n) is 2.58. The summed E-state index contributed by atoms with van der Waals surface area (Å²) < 4.78 is 26.8. The molecule has 1 heterocycles. The van der Waals surface area contributed by atoms with E-state index in [0.29, 0.717) is 10.6 Å². The molecule has 6 nitrogen and oxygen atoms in total. The molecule has 2 aromatic carbocycles. The summed E-state index contributed by atoms with van der Waals surface area (Å²) in [5.41, 5.74) is 0.588. The fraction of sp³-hybridized carbons (Fsp3) is 0.133. The number of hydrogen-bond acceptors (Lipinski definition) is 4. The molecule has 0 radical (unpaired) electrons. The third-order valence-corrected chi connectivity index (χ3v) is 6.39. The molecule has 1 atom stereocenters. The van der Waals surface area contributed by atoms with E-state index in [4.69, 9.17) is 34.8 Å². The van der Waals surface area contributed by atoms with E-state index in [1.54, 1.807) is 24.3 Å². The maximum absolute atomic E-state index is 13.0. The minimum absolute atomic E-state index is 0.0484. The maximum atomic E-state index is 13.0. The highest BCUT2D eigenvalue weighted by atomic mass is 35.5. The number of nitrogens with one attached hydrogen (secondary N) is 1. The van der Waals surface area contributed by atoms with Crippen molar-refractivity contribution < 1.29 is 18.3 Å². The molecule has 10 heteroatoms. The van der Waals surface area contributed by atoms with Gasteiger partial charge in [-0.25, -0.2) is 13.2 Å². The lowest BCUT2D eigenvalue weighted by molar-refractivity contribution is -0.140. The number of sulfonamides is 1. The lowest BCUT2D eigenvalue weighted by Crippen LogP contribution is -2.52. The number of fused-ring (bicyclic) bond motifs is 1. The van der Waals surface area contributed by atoms with Gasteiger partial charge < -0.3 is 10.4 Å². The van der Waals surface area contributed by atoms with Crippen molar-refractivity contribution in [2.24, 2.45) is 0 Å².